The highest BCUT2D eigenvalue weighted by Crippen LogP contribution is 2.23. The van der Waals surface area contributed by atoms with E-state index >= 15 is 0 Å². The molecule has 0 aliphatic heterocycles. The number of hydrogen-bond acceptors (Lipinski definition) is 4. The SMILES string of the molecule is CCc1cc(ON)ccc1[N+](=O)[O-]. The lowest BCUT2D eigenvalue weighted by Crippen LogP contribution is -2.03. The van der Waals surface area contributed by atoms with Crippen LogP contribution in [0.3, 0.4) is 0 Å². The summed E-state index contributed by atoms with van der Waals surface area (Å²) in [6.07, 6.45) is 0.577. The van der Waals surface area contributed by atoms with Crippen LogP contribution in [0.15, 0.2) is 18.2 Å². The van der Waals surface area contributed by atoms with Crippen LogP contribution in [-0.2, 0) is 6.42 Å². The monoisotopic (exact) mass is 182 g/mol. The van der Waals surface area contributed by atoms with E-state index in [-0.39, 0.29) is 5.69 Å². The number of hydrogen-bond donors (Lipinski definition) is 1. The van der Waals surface area contributed by atoms with Crippen LogP contribution in [-0.4, -0.2) is 4.92 Å². The zero-order valence-corrected chi connectivity index (χ0v) is 7.19. The highest BCUT2D eigenvalue weighted by atomic mass is 16.6. The van der Waals surface area contributed by atoms with Gasteiger partial charge < -0.3 is 4.84 Å². The molecule has 5 nitrogen and oxygen atoms in total. The lowest BCUT2D eigenvalue weighted by molar-refractivity contribution is -0.385. The number of nitro groups is 1. The summed E-state index contributed by atoms with van der Waals surface area (Å²) in [5.74, 6) is 5.36. The van der Waals surface area contributed by atoms with E-state index in [1.165, 1.54) is 12.1 Å². The lowest BCUT2D eigenvalue weighted by atomic mass is 10.1. The van der Waals surface area contributed by atoms with Crippen molar-refractivity contribution in [2.75, 3.05) is 0 Å². The summed E-state index contributed by atoms with van der Waals surface area (Å²) >= 11 is 0. The second kappa shape index (κ2) is 3.86. The highest BCUT2D eigenvalue weighted by Gasteiger charge is 2.12. The second-order valence-electron chi connectivity index (χ2n) is 2.52. The van der Waals surface area contributed by atoms with Crippen LogP contribution in [0.1, 0.15) is 12.5 Å². The van der Waals surface area contributed by atoms with Crippen molar-refractivity contribution in [1.82, 2.24) is 0 Å². The molecule has 0 saturated carbocycles. The summed E-state index contributed by atoms with van der Waals surface area (Å²) in [5, 5.41) is 10.5. The fraction of sp³-hybridized carbons (Fsp3) is 0.250. The van der Waals surface area contributed by atoms with Crippen molar-refractivity contribution < 1.29 is 9.76 Å². The summed E-state index contributed by atoms with van der Waals surface area (Å²) in [6.45, 7) is 1.84. The van der Waals surface area contributed by atoms with E-state index in [1.54, 1.807) is 6.07 Å². The molecule has 0 aliphatic carbocycles. The molecule has 5 heteroatoms. The molecule has 0 saturated heterocycles. The van der Waals surface area contributed by atoms with Crippen LogP contribution >= 0.6 is 0 Å². The minimum atomic E-state index is -0.418. The maximum absolute atomic E-state index is 10.5. The van der Waals surface area contributed by atoms with Crippen LogP contribution in [0.5, 0.6) is 5.75 Å². The molecule has 0 bridgehead atoms. The third-order valence-corrected chi connectivity index (χ3v) is 1.76. The van der Waals surface area contributed by atoms with E-state index in [0.717, 1.165) is 0 Å². The molecule has 0 spiro atoms. The molecule has 2 N–H and O–H groups in total. The Balaban J connectivity index is 3.15. The molecule has 0 unspecified atom stereocenters. The first-order valence-corrected chi connectivity index (χ1v) is 3.83. The van der Waals surface area contributed by atoms with Gasteiger partial charge in [0.15, 0.2) is 0 Å². The van der Waals surface area contributed by atoms with E-state index in [1.807, 2.05) is 6.92 Å². The summed E-state index contributed by atoms with van der Waals surface area (Å²) < 4.78 is 0. The molecule has 1 aromatic rings. The molecule has 13 heavy (non-hydrogen) atoms. The summed E-state index contributed by atoms with van der Waals surface area (Å²) in [5.41, 5.74) is 0.719. The minimum absolute atomic E-state index is 0.100. The van der Waals surface area contributed by atoms with Gasteiger partial charge in [-0.3, -0.25) is 10.1 Å². The fourth-order valence-corrected chi connectivity index (χ4v) is 1.10. The standard InChI is InChI=1S/C8H10N2O3/c1-2-6-5-7(13-9)3-4-8(6)10(11)12/h3-5H,2,9H2,1H3. The van der Waals surface area contributed by atoms with E-state index < -0.39 is 4.92 Å². The van der Waals surface area contributed by atoms with Crippen LogP contribution in [0.2, 0.25) is 0 Å². The Labute approximate surface area is 75.2 Å². The molecule has 0 atom stereocenters. The normalized spacial score (nSPS) is 9.69. The highest BCUT2D eigenvalue weighted by molar-refractivity contribution is 5.45. The van der Waals surface area contributed by atoms with Crippen molar-refractivity contribution in [3.05, 3.63) is 33.9 Å². The number of nitro benzene ring substituents is 1. The quantitative estimate of drug-likeness (QED) is 0.566. The smallest absolute Gasteiger partial charge is 0.272 e. The third kappa shape index (κ3) is 1.94. The van der Waals surface area contributed by atoms with E-state index in [2.05, 4.69) is 4.84 Å². The van der Waals surface area contributed by atoms with Gasteiger partial charge in [-0.15, -0.1) is 0 Å². The molecule has 1 aromatic carbocycles. The molecule has 0 amide bonds. The Morgan fingerprint density at radius 1 is 1.62 bits per heavy atom. The Bertz CT molecular complexity index is 325. The van der Waals surface area contributed by atoms with Crippen LogP contribution in [0, 0.1) is 10.1 Å². The van der Waals surface area contributed by atoms with Crippen LogP contribution in [0.4, 0.5) is 5.69 Å². The maximum atomic E-state index is 10.5. The largest absolute Gasteiger partial charge is 0.412 e. The van der Waals surface area contributed by atoms with Gasteiger partial charge in [-0.25, -0.2) is 0 Å². The second-order valence-corrected chi connectivity index (χ2v) is 2.52. The molecular formula is C8H10N2O3. The third-order valence-electron chi connectivity index (χ3n) is 1.76. The molecule has 1 rings (SSSR count). The predicted molar refractivity (Wildman–Crippen MR) is 47.3 cm³/mol. The number of rotatable bonds is 3. The number of aryl methyl sites for hydroxylation is 1. The molecule has 0 heterocycles. The first-order valence-electron chi connectivity index (χ1n) is 3.83. The summed E-state index contributed by atoms with van der Waals surface area (Å²) in [6, 6.07) is 4.43. The van der Waals surface area contributed by atoms with Gasteiger partial charge in [0.2, 0.25) is 0 Å². The average molecular weight is 182 g/mol. The summed E-state index contributed by atoms with van der Waals surface area (Å²) in [7, 11) is 0. The lowest BCUT2D eigenvalue weighted by Gasteiger charge is -2.02. The first-order chi connectivity index (χ1) is 6.19. The molecule has 0 radical (unpaired) electrons. The predicted octanol–water partition coefficient (Wildman–Crippen LogP) is 1.41. The van der Waals surface area contributed by atoms with E-state index in [9.17, 15) is 10.1 Å². The van der Waals surface area contributed by atoms with Gasteiger partial charge in [-0.05, 0) is 18.6 Å². The molecule has 0 aromatic heterocycles. The maximum Gasteiger partial charge on any atom is 0.272 e. The van der Waals surface area contributed by atoms with Crippen molar-refractivity contribution in [3.63, 3.8) is 0 Å². The molecule has 0 aliphatic rings. The van der Waals surface area contributed by atoms with Gasteiger partial charge in [0.05, 0.1) is 4.92 Å². The Hall–Kier alpha value is -1.62. The van der Waals surface area contributed by atoms with Crippen molar-refractivity contribution in [2.24, 2.45) is 5.90 Å². The number of nitrogens with zero attached hydrogens (tertiary/aromatic N) is 1. The first kappa shape index (κ1) is 9.47. The topological polar surface area (TPSA) is 78.4 Å². The van der Waals surface area contributed by atoms with Crippen LogP contribution in [0.25, 0.3) is 0 Å². The van der Waals surface area contributed by atoms with Crippen molar-refractivity contribution >= 4 is 5.69 Å². The van der Waals surface area contributed by atoms with Gasteiger partial charge in [-0.1, -0.05) is 6.92 Å². The fourth-order valence-electron chi connectivity index (χ4n) is 1.10. The number of benzene rings is 1. The van der Waals surface area contributed by atoms with Gasteiger partial charge in [0, 0.05) is 11.6 Å². The van der Waals surface area contributed by atoms with Crippen LogP contribution < -0.4 is 10.7 Å². The van der Waals surface area contributed by atoms with Crippen molar-refractivity contribution in [2.45, 2.75) is 13.3 Å². The van der Waals surface area contributed by atoms with Gasteiger partial charge in [-0.2, -0.15) is 5.90 Å². The Morgan fingerprint density at radius 3 is 2.77 bits per heavy atom. The zero-order valence-electron chi connectivity index (χ0n) is 7.19. The summed E-state index contributed by atoms with van der Waals surface area (Å²) in [4.78, 5) is 14.6. The number of nitrogens with two attached hydrogens (primary N) is 1. The molecule has 0 fully saturated rings. The van der Waals surface area contributed by atoms with Crippen molar-refractivity contribution in [1.29, 1.82) is 0 Å². The van der Waals surface area contributed by atoms with Gasteiger partial charge in [0.25, 0.3) is 5.69 Å². The van der Waals surface area contributed by atoms with Gasteiger partial charge >= 0.3 is 0 Å². The van der Waals surface area contributed by atoms with E-state index in [4.69, 9.17) is 5.90 Å². The minimum Gasteiger partial charge on any atom is -0.412 e. The molecular weight excluding hydrogens is 172 g/mol. The van der Waals surface area contributed by atoms with Gasteiger partial charge in [0.1, 0.15) is 5.75 Å². The van der Waals surface area contributed by atoms with E-state index in [0.29, 0.717) is 17.7 Å². The Kier molecular flexibility index (Phi) is 2.81. The zero-order chi connectivity index (χ0) is 9.84. The average Bonchev–Trinajstić information content (AvgIpc) is 2.16. The molecule has 70 valence electrons. The van der Waals surface area contributed by atoms with Crippen molar-refractivity contribution in [3.8, 4) is 5.75 Å². The Morgan fingerprint density at radius 2 is 2.31 bits per heavy atom.